The van der Waals surface area contributed by atoms with Gasteiger partial charge in [0.25, 0.3) is 0 Å². The van der Waals surface area contributed by atoms with Crippen LogP contribution in [-0.4, -0.2) is 40.2 Å². The van der Waals surface area contributed by atoms with Crippen LogP contribution in [-0.2, 0) is 21.4 Å². The van der Waals surface area contributed by atoms with E-state index in [1.165, 1.54) is 6.26 Å². The van der Waals surface area contributed by atoms with Crippen LogP contribution in [0.15, 0.2) is 64.5 Å². The van der Waals surface area contributed by atoms with E-state index < -0.39 is 24.0 Å². The number of hydrogen-bond acceptors (Lipinski definition) is 4. The van der Waals surface area contributed by atoms with Crippen LogP contribution in [0.2, 0.25) is 0 Å². The molecule has 0 saturated carbocycles. The molecule has 2 aromatic rings. The summed E-state index contributed by atoms with van der Waals surface area (Å²) in [6, 6.07) is 9.02. The highest BCUT2D eigenvalue weighted by Crippen LogP contribution is 2.28. The quantitative estimate of drug-likeness (QED) is 0.184. The van der Waals surface area contributed by atoms with E-state index in [-0.39, 0.29) is 18.3 Å². The molecule has 3 rings (SSSR count). The Morgan fingerprint density at radius 3 is 2.56 bits per heavy atom. The average molecular weight is 463 g/mol. The van der Waals surface area contributed by atoms with Gasteiger partial charge in [-0.3, -0.25) is 4.79 Å². The number of allylic oxidation sites excluding steroid dienone is 1. The van der Waals surface area contributed by atoms with E-state index >= 15 is 0 Å². The number of carboxylic acids is 2. The third-order valence-electron chi connectivity index (χ3n) is 4.82. The molecule has 1 aromatic heterocycles. The van der Waals surface area contributed by atoms with Gasteiger partial charge in [0.2, 0.25) is 12.1 Å². The first-order valence-corrected chi connectivity index (χ1v) is 9.99. The Balaban J connectivity index is 2.04. The smallest absolute Gasteiger partial charge is 0.345 e. The van der Waals surface area contributed by atoms with E-state index in [0.29, 0.717) is 16.8 Å². The molecule has 0 fully saturated rings. The van der Waals surface area contributed by atoms with Crippen molar-refractivity contribution in [3.05, 3.63) is 60.1 Å². The van der Waals surface area contributed by atoms with Gasteiger partial charge >= 0.3 is 11.9 Å². The number of benzene rings is 1. The highest BCUT2D eigenvalue weighted by Gasteiger charge is 2.38. The van der Waals surface area contributed by atoms with Gasteiger partial charge in [0, 0.05) is 34.8 Å². The molecule has 8 N–H and O–H groups in total. The van der Waals surface area contributed by atoms with Crippen LogP contribution >= 0.6 is 0 Å². The molecule has 2 atom stereocenters. The van der Waals surface area contributed by atoms with Gasteiger partial charge in [0.05, 0.1) is 11.9 Å². The zero-order valence-corrected chi connectivity index (χ0v) is 18.2. The van der Waals surface area contributed by atoms with Gasteiger partial charge in [-0.25, -0.2) is 14.4 Å². The molecule has 11 heteroatoms. The third-order valence-corrected chi connectivity index (χ3v) is 4.82. The van der Waals surface area contributed by atoms with Crippen LogP contribution in [0, 0.1) is 17.8 Å². The minimum atomic E-state index is -1.47. The van der Waals surface area contributed by atoms with E-state index in [1.54, 1.807) is 12.1 Å². The van der Waals surface area contributed by atoms with E-state index in [1.807, 2.05) is 42.2 Å². The second-order valence-corrected chi connectivity index (χ2v) is 7.43. The summed E-state index contributed by atoms with van der Waals surface area (Å²) in [5.41, 5.74) is 19.4. The van der Waals surface area contributed by atoms with Crippen LogP contribution in [0.25, 0.3) is 11.1 Å². The molecule has 11 nitrogen and oxygen atoms in total. The number of nitrogens with zero attached hydrogens (tertiary/aromatic N) is 3. The number of aryl methyl sites for hydroxylation is 1. The SMILES string of the molecule is C[n+]1cccc(-c2ccc(N=C(N)N=C(N)N)cc2C#CC2=CO[C@H](C(=O)O)[C@H](C(=O)O)C2)c1. The summed E-state index contributed by atoms with van der Waals surface area (Å²) in [4.78, 5) is 30.6. The van der Waals surface area contributed by atoms with Gasteiger partial charge in [0.15, 0.2) is 18.4 Å². The van der Waals surface area contributed by atoms with Crippen molar-refractivity contribution in [1.82, 2.24) is 0 Å². The van der Waals surface area contributed by atoms with Crippen molar-refractivity contribution in [2.75, 3.05) is 0 Å². The number of aliphatic carboxylic acids is 2. The summed E-state index contributed by atoms with van der Waals surface area (Å²) in [6.07, 6.45) is 3.44. The fourth-order valence-corrected chi connectivity index (χ4v) is 3.31. The number of nitrogens with two attached hydrogens (primary N) is 3. The highest BCUT2D eigenvalue weighted by molar-refractivity contribution is 5.93. The summed E-state index contributed by atoms with van der Waals surface area (Å²) in [5, 5.41) is 18.6. The molecule has 1 aliphatic heterocycles. The largest absolute Gasteiger partial charge is 0.484 e. The maximum Gasteiger partial charge on any atom is 0.345 e. The predicted octanol–water partition coefficient (Wildman–Crippen LogP) is 0.207. The number of aliphatic imine (C=N–C) groups is 2. The maximum absolute atomic E-state index is 11.5. The number of rotatable bonds is 4. The number of ether oxygens (including phenoxy) is 1. The lowest BCUT2D eigenvalue weighted by molar-refractivity contribution is -0.671. The third kappa shape index (κ3) is 5.89. The maximum atomic E-state index is 11.5. The van der Waals surface area contributed by atoms with Crippen molar-refractivity contribution in [2.45, 2.75) is 12.5 Å². The molecule has 1 aliphatic rings. The highest BCUT2D eigenvalue weighted by atomic mass is 16.5. The number of carboxylic acid groups (broad SMARTS) is 2. The topological polar surface area (TPSA) is 190 Å². The van der Waals surface area contributed by atoms with E-state index in [4.69, 9.17) is 21.9 Å². The second-order valence-electron chi connectivity index (χ2n) is 7.43. The Bertz CT molecular complexity index is 1280. The van der Waals surface area contributed by atoms with Gasteiger partial charge < -0.3 is 32.2 Å². The van der Waals surface area contributed by atoms with Gasteiger partial charge in [-0.15, -0.1) is 0 Å². The Morgan fingerprint density at radius 1 is 1.15 bits per heavy atom. The van der Waals surface area contributed by atoms with Crippen molar-refractivity contribution in [3.8, 4) is 23.0 Å². The van der Waals surface area contributed by atoms with Crippen LogP contribution in [0.3, 0.4) is 0 Å². The molecule has 1 aromatic carbocycles. The molecule has 0 saturated heterocycles. The molecule has 0 bridgehead atoms. The first-order chi connectivity index (χ1) is 16.1. The van der Waals surface area contributed by atoms with Crippen molar-refractivity contribution < 1.29 is 29.1 Å². The van der Waals surface area contributed by atoms with Crippen LogP contribution in [0.1, 0.15) is 12.0 Å². The Kier molecular flexibility index (Phi) is 7.13. The Labute approximate surface area is 194 Å². The van der Waals surface area contributed by atoms with Crippen molar-refractivity contribution in [3.63, 3.8) is 0 Å². The first kappa shape index (κ1) is 23.8. The molecule has 0 radical (unpaired) electrons. The van der Waals surface area contributed by atoms with Crippen LogP contribution < -0.4 is 21.8 Å². The lowest BCUT2D eigenvalue weighted by atomic mass is 9.92. The monoisotopic (exact) mass is 463 g/mol. The summed E-state index contributed by atoms with van der Waals surface area (Å²) in [6.45, 7) is 0. The predicted molar refractivity (Wildman–Crippen MR) is 123 cm³/mol. The molecule has 0 spiro atoms. The van der Waals surface area contributed by atoms with Gasteiger partial charge in [-0.05, 0) is 18.2 Å². The molecule has 2 heterocycles. The standard InChI is InChI=1S/C23H22N6O5/c1-29-8-2-3-15(11-29)17-7-6-16(27-23(26)28-22(24)25)10-14(17)5-4-13-9-18(20(30)31)19(21(32)33)34-12-13/h2-3,6-8,10-12,18-19H,9H2,1H3,(H7-,24,25,26,27,28,30,31,32,33)/p+1/t18-,19+/m1/s1. The molecule has 0 unspecified atom stereocenters. The second kappa shape index (κ2) is 10.2. The lowest BCUT2D eigenvalue weighted by Gasteiger charge is -2.24. The Morgan fingerprint density at radius 2 is 1.91 bits per heavy atom. The number of aromatic nitrogens is 1. The molecule has 0 amide bonds. The summed E-state index contributed by atoms with van der Waals surface area (Å²) in [5.74, 6) is 1.67. The summed E-state index contributed by atoms with van der Waals surface area (Å²) in [7, 11) is 1.89. The molecule has 174 valence electrons. The molecular formula is C23H23N6O5+. The van der Waals surface area contributed by atoms with Crippen molar-refractivity contribution in [2.24, 2.45) is 40.2 Å². The molecular weight excluding hydrogens is 440 g/mol. The van der Waals surface area contributed by atoms with Crippen LogP contribution in [0.5, 0.6) is 0 Å². The van der Waals surface area contributed by atoms with E-state index in [2.05, 4.69) is 21.8 Å². The number of carbonyl (C=O) groups is 2. The fraction of sp³-hybridized carbons (Fsp3) is 0.174. The minimum absolute atomic E-state index is 0.0792. The molecule has 34 heavy (non-hydrogen) atoms. The lowest BCUT2D eigenvalue weighted by Crippen LogP contribution is -2.38. The average Bonchev–Trinajstić information content (AvgIpc) is 2.76. The van der Waals surface area contributed by atoms with Crippen LogP contribution in [0.4, 0.5) is 5.69 Å². The number of hydrogen-bond donors (Lipinski definition) is 5. The number of pyridine rings is 1. The van der Waals surface area contributed by atoms with Gasteiger partial charge in [-0.1, -0.05) is 17.9 Å². The molecule has 0 aliphatic carbocycles. The van der Waals surface area contributed by atoms with Crippen molar-refractivity contribution >= 4 is 29.5 Å². The van der Waals surface area contributed by atoms with Gasteiger partial charge in [-0.2, -0.15) is 4.99 Å². The zero-order chi connectivity index (χ0) is 24.8. The summed E-state index contributed by atoms with van der Waals surface area (Å²) >= 11 is 0. The minimum Gasteiger partial charge on any atom is -0.484 e. The summed E-state index contributed by atoms with van der Waals surface area (Å²) < 4.78 is 7.02. The van der Waals surface area contributed by atoms with E-state index in [0.717, 1.165) is 11.1 Å². The van der Waals surface area contributed by atoms with Crippen molar-refractivity contribution in [1.29, 1.82) is 0 Å². The van der Waals surface area contributed by atoms with Gasteiger partial charge in [0.1, 0.15) is 13.0 Å². The zero-order valence-electron chi connectivity index (χ0n) is 18.2. The fourth-order valence-electron chi connectivity index (χ4n) is 3.31. The van der Waals surface area contributed by atoms with E-state index in [9.17, 15) is 19.8 Å². The first-order valence-electron chi connectivity index (χ1n) is 9.99. The Hall–Kier alpha value is -4.85. The number of guanidine groups is 2. The normalized spacial score (nSPS) is 17.4.